The van der Waals surface area contributed by atoms with Gasteiger partial charge in [0.1, 0.15) is 5.75 Å². The van der Waals surface area contributed by atoms with Crippen LogP contribution in [0, 0.1) is 13.8 Å². The number of aryl methyl sites for hydroxylation is 2. The highest BCUT2D eigenvalue weighted by Crippen LogP contribution is 2.34. The van der Waals surface area contributed by atoms with Crippen molar-refractivity contribution in [1.29, 1.82) is 0 Å². The Morgan fingerprint density at radius 1 is 1.19 bits per heavy atom. The molecule has 0 aliphatic rings. The number of hydrazone groups is 1. The molecule has 6 nitrogen and oxygen atoms in total. The fourth-order valence-electron chi connectivity index (χ4n) is 2.31. The summed E-state index contributed by atoms with van der Waals surface area (Å²) in [5.41, 5.74) is 5.08. The summed E-state index contributed by atoms with van der Waals surface area (Å²) in [6, 6.07) is 8.83. The normalized spacial score (nSPS) is 10.8. The van der Waals surface area contributed by atoms with E-state index in [2.05, 4.69) is 10.5 Å². The van der Waals surface area contributed by atoms with Crippen molar-refractivity contribution in [2.75, 3.05) is 13.2 Å². The predicted octanol–water partition coefficient (Wildman–Crippen LogP) is 3.59. The Bertz CT molecular complexity index is 801. The zero-order valence-electron chi connectivity index (χ0n) is 14.9. The second-order valence-electron chi connectivity index (χ2n) is 5.69. The van der Waals surface area contributed by atoms with Crippen LogP contribution in [0.2, 0.25) is 5.02 Å². The Labute approximate surface area is 157 Å². The number of aromatic hydroxyl groups is 1. The average molecular weight is 377 g/mol. The molecule has 0 fully saturated rings. The summed E-state index contributed by atoms with van der Waals surface area (Å²) in [6.45, 7) is 5.95. The highest BCUT2D eigenvalue weighted by Gasteiger charge is 2.09. The molecule has 0 atom stereocenters. The number of carbonyl (C=O) groups is 1. The molecule has 2 aromatic rings. The number of nitrogens with zero attached hydrogens (tertiary/aromatic N) is 1. The van der Waals surface area contributed by atoms with Gasteiger partial charge in [0.05, 0.1) is 17.8 Å². The monoisotopic (exact) mass is 376 g/mol. The van der Waals surface area contributed by atoms with Gasteiger partial charge in [-0.1, -0.05) is 17.7 Å². The number of phenols is 1. The minimum Gasteiger partial charge on any atom is -0.503 e. The summed E-state index contributed by atoms with van der Waals surface area (Å²) in [5, 5.41) is 13.8. The Morgan fingerprint density at radius 2 is 1.88 bits per heavy atom. The van der Waals surface area contributed by atoms with E-state index in [9.17, 15) is 9.90 Å². The maximum atomic E-state index is 11.8. The summed E-state index contributed by atoms with van der Waals surface area (Å²) in [7, 11) is 0. The topological polar surface area (TPSA) is 80.2 Å². The lowest BCUT2D eigenvalue weighted by Gasteiger charge is -2.08. The van der Waals surface area contributed by atoms with Crippen LogP contribution in [0.5, 0.6) is 17.2 Å². The first-order chi connectivity index (χ1) is 12.4. The second kappa shape index (κ2) is 9.10. The SMILES string of the molecule is CCOc1cc(C=NNC(=O)COc2cc(C)cc(C)c2)cc(Cl)c1O. The third-order valence-corrected chi connectivity index (χ3v) is 3.61. The van der Waals surface area contributed by atoms with Gasteiger partial charge in [-0.3, -0.25) is 4.79 Å². The number of carbonyl (C=O) groups excluding carboxylic acids is 1. The molecule has 0 heterocycles. The molecule has 0 aliphatic heterocycles. The number of ether oxygens (including phenoxy) is 2. The van der Waals surface area contributed by atoms with E-state index in [1.807, 2.05) is 32.0 Å². The minimum absolute atomic E-state index is 0.128. The van der Waals surface area contributed by atoms with E-state index in [0.717, 1.165) is 11.1 Å². The summed E-state index contributed by atoms with van der Waals surface area (Å²) in [4.78, 5) is 11.8. The van der Waals surface area contributed by atoms with Crippen LogP contribution in [0.1, 0.15) is 23.6 Å². The van der Waals surface area contributed by atoms with Gasteiger partial charge in [0, 0.05) is 0 Å². The van der Waals surface area contributed by atoms with Gasteiger partial charge in [-0.05, 0) is 61.7 Å². The van der Waals surface area contributed by atoms with Crippen LogP contribution in [0.4, 0.5) is 0 Å². The molecule has 0 spiro atoms. The highest BCUT2D eigenvalue weighted by atomic mass is 35.5. The third kappa shape index (κ3) is 5.67. The van der Waals surface area contributed by atoms with Crippen LogP contribution in [-0.4, -0.2) is 30.4 Å². The number of halogens is 1. The van der Waals surface area contributed by atoms with Crippen molar-refractivity contribution in [3.63, 3.8) is 0 Å². The quantitative estimate of drug-likeness (QED) is 0.571. The van der Waals surface area contributed by atoms with Crippen molar-refractivity contribution in [1.82, 2.24) is 5.43 Å². The summed E-state index contributed by atoms with van der Waals surface area (Å²) < 4.78 is 10.7. The standard InChI is InChI=1S/C19H21ClN2O4/c1-4-25-17-9-14(8-16(20)19(17)24)10-21-22-18(23)11-26-15-6-12(2)5-13(3)7-15/h5-10,24H,4,11H2,1-3H3,(H,22,23). The van der Waals surface area contributed by atoms with E-state index < -0.39 is 5.91 Å². The first kappa shape index (κ1) is 19.6. The number of benzene rings is 2. The second-order valence-corrected chi connectivity index (χ2v) is 6.09. The molecule has 2 N–H and O–H groups in total. The first-order valence-electron chi connectivity index (χ1n) is 8.07. The van der Waals surface area contributed by atoms with Gasteiger partial charge in [-0.25, -0.2) is 5.43 Å². The van der Waals surface area contributed by atoms with Crippen LogP contribution in [0.3, 0.4) is 0 Å². The number of nitrogens with one attached hydrogen (secondary N) is 1. The third-order valence-electron chi connectivity index (χ3n) is 3.32. The molecule has 0 aliphatic carbocycles. The molecule has 0 saturated heterocycles. The van der Waals surface area contributed by atoms with Crippen LogP contribution < -0.4 is 14.9 Å². The van der Waals surface area contributed by atoms with Crippen LogP contribution in [-0.2, 0) is 4.79 Å². The molecule has 7 heteroatoms. The maximum Gasteiger partial charge on any atom is 0.277 e. The largest absolute Gasteiger partial charge is 0.503 e. The van der Waals surface area contributed by atoms with Crippen LogP contribution in [0.15, 0.2) is 35.4 Å². The summed E-state index contributed by atoms with van der Waals surface area (Å²) in [5.74, 6) is 0.367. The summed E-state index contributed by atoms with van der Waals surface area (Å²) in [6.07, 6.45) is 1.41. The van der Waals surface area contributed by atoms with Crippen molar-refractivity contribution in [3.8, 4) is 17.2 Å². The molecule has 0 bridgehead atoms. The van der Waals surface area contributed by atoms with Crippen molar-refractivity contribution in [2.45, 2.75) is 20.8 Å². The highest BCUT2D eigenvalue weighted by molar-refractivity contribution is 6.32. The molecule has 26 heavy (non-hydrogen) atoms. The molecular formula is C19H21ClN2O4. The van der Waals surface area contributed by atoms with E-state index in [-0.39, 0.29) is 23.1 Å². The Kier molecular flexibility index (Phi) is 6.86. The molecule has 0 aromatic heterocycles. The van der Waals surface area contributed by atoms with Gasteiger partial charge >= 0.3 is 0 Å². The Morgan fingerprint density at radius 3 is 2.54 bits per heavy atom. The predicted molar refractivity (Wildman–Crippen MR) is 101 cm³/mol. The molecular weight excluding hydrogens is 356 g/mol. The van der Waals surface area contributed by atoms with Gasteiger partial charge in [-0.15, -0.1) is 0 Å². The maximum absolute atomic E-state index is 11.8. The minimum atomic E-state index is -0.393. The molecule has 2 rings (SSSR count). The first-order valence-corrected chi connectivity index (χ1v) is 8.45. The number of amides is 1. The summed E-state index contributed by atoms with van der Waals surface area (Å²) >= 11 is 5.94. The molecule has 0 saturated carbocycles. The molecule has 0 unspecified atom stereocenters. The Hall–Kier alpha value is -2.73. The fourth-order valence-corrected chi connectivity index (χ4v) is 2.53. The van der Waals surface area contributed by atoms with Gasteiger partial charge < -0.3 is 14.6 Å². The Balaban J connectivity index is 1.92. The van der Waals surface area contributed by atoms with E-state index >= 15 is 0 Å². The zero-order valence-corrected chi connectivity index (χ0v) is 15.6. The van der Waals surface area contributed by atoms with Crippen molar-refractivity contribution in [3.05, 3.63) is 52.0 Å². The smallest absolute Gasteiger partial charge is 0.277 e. The lowest BCUT2D eigenvalue weighted by Crippen LogP contribution is -2.24. The fraction of sp³-hybridized carbons (Fsp3) is 0.263. The lowest BCUT2D eigenvalue weighted by molar-refractivity contribution is -0.123. The molecule has 1 amide bonds. The molecule has 138 valence electrons. The molecule has 2 aromatic carbocycles. The number of hydrogen-bond donors (Lipinski definition) is 2. The number of rotatable bonds is 7. The van der Waals surface area contributed by atoms with Gasteiger partial charge in [0.25, 0.3) is 5.91 Å². The average Bonchev–Trinajstić information content (AvgIpc) is 2.57. The zero-order chi connectivity index (χ0) is 19.1. The number of phenolic OH excluding ortho intramolecular Hbond substituents is 1. The van der Waals surface area contributed by atoms with Gasteiger partial charge in [-0.2, -0.15) is 5.10 Å². The van der Waals surface area contributed by atoms with E-state index in [4.69, 9.17) is 21.1 Å². The van der Waals surface area contributed by atoms with Crippen LogP contribution >= 0.6 is 11.6 Å². The van der Waals surface area contributed by atoms with Crippen LogP contribution in [0.25, 0.3) is 0 Å². The van der Waals surface area contributed by atoms with E-state index in [0.29, 0.717) is 17.9 Å². The van der Waals surface area contributed by atoms with Crippen molar-refractivity contribution < 1.29 is 19.4 Å². The van der Waals surface area contributed by atoms with Gasteiger partial charge in [0.2, 0.25) is 0 Å². The van der Waals surface area contributed by atoms with E-state index in [1.54, 1.807) is 13.0 Å². The lowest BCUT2D eigenvalue weighted by atomic mass is 10.1. The number of hydrogen-bond acceptors (Lipinski definition) is 5. The van der Waals surface area contributed by atoms with Gasteiger partial charge in [0.15, 0.2) is 18.1 Å². The van der Waals surface area contributed by atoms with E-state index in [1.165, 1.54) is 12.3 Å². The molecule has 0 radical (unpaired) electrons. The van der Waals surface area contributed by atoms with Crippen molar-refractivity contribution in [2.24, 2.45) is 5.10 Å². The van der Waals surface area contributed by atoms with Crippen molar-refractivity contribution >= 4 is 23.7 Å².